The van der Waals surface area contributed by atoms with Gasteiger partial charge < -0.3 is 9.64 Å². The molecule has 5 rings (SSSR count). The number of allylic oxidation sites excluding steroid dienone is 9. The molecule has 0 aromatic heterocycles. The molecule has 6 heteroatoms. The van der Waals surface area contributed by atoms with E-state index < -0.39 is 5.60 Å². The standard InChI is InChI=1S/C41H41ClN4O/c1-39(2,3)31-21-28(17-19-33-32(25-45)38(30(23-43)24-44)47-41(33,6)7)37(42)29(22-31)18-20-36-40(4,5)34-15-11-12-16-35(34)46(36)26-27-13-9-8-10-14-27/h8-20,31H,21-22,26H2,1-7H3/b19-17+,29-18+,36-20+/t31-/m1/s1. The van der Waals surface area contributed by atoms with Gasteiger partial charge in [0.15, 0.2) is 11.3 Å². The highest BCUT2D eigenvalue weighted by atomic mass is 35.5. The lowest BCUT2D eigenvalue weighted by atomic mass is 9.70. The second-order valence-corrected chi connectivity index (χ2v) is 14.9. The van der Waals surface area contributed by atoms with Crippen molar-refractivity contribution in [3.05, 3.63) is 134 Å². The summed E-state index contributed by atoms with van der Waals surface area (Å²) in [7, 11) is 0. The number of para-hydroxylation sites is 1. The zero-order chi connectivity index (χ0) is 34.1. The molecule has 47 heavy (non-hydrogen) atoms. The maximum absolute atomic E-state index is 10.0. The van der Waals surface area contributed by atoms with E-state index in [1.54, 1.807) is 0 Å². The average Bonchev–Trinajstić information content (AvgIpc) is 3.41. The predicted molar refractivity (Wildman–Crippen MR) is 189 cm³/mol. The Morgan fingerprint density at radius 1 is 0.936 bits per heavy atom. The lowest BCUT2D eigenvalue weighted by Gasteiger charge is -2.36. The van der Waals surface area contributed by atoms with Crippen LogP contribution in [0.1, 0.15) is 72.4 Å². The largest absolute Gasteiger partial charge is 0.480 e. The van der Waals surface area contributed by atoms with Gasteiger partial charge in [0.05, 0.1) is 0 Å². The van der Waals surface area contributed by atoms with Gasteiger partial charge in [0.25, 0.3) is 0 Å². The SMILES string of the molecule is CC1(C)OC(=C(C#N)C#N)C(C#N)=C1/C=C/C1=C(Cl)C(=C/C=C2/N(Cc3ccccc3)c3ccccc3C2(C)C)/C[C@H](C(C)(C)C)C1. The van der Waals surface area contributed by atoms with E-state index in [4.69, 9.17) is 16.3 Å². The third-order valence-corrected chi connectivity index (χ3v) is 10.1. The predicted octanol–water partition coefficient (Wildman–Crippen LogP) is 10.2. The molecule has 0 bridgehead atoms. The first-order valence-electron chi connectivity index (χ1n) is 16.0. The van der Waals surface area contributed by atoms with Crippen molar-refractivity contribution in [3.63, 3.8) is 0 Å². The summed E-state index contributed by atoms with van der Waals surface area (Å²) in [4.78, 5) is 2.42. The number of hydrogen-bond donors (Lipinski definition) is 0. The van der Waals surface area contributed by atoms with Crippen LogP contribution < -0.4 is 4.90 Å². The van der Waals surface area contributed by atoms with Gasteiger partial charge in [-0.15, -0.1) is 0 Å². The van der Waals surface area contributed by atoms with E-state index in [1.165, 1.54) is 22.5 Å². The van der Waals surface area contributed by atoms with E-state index in [-0.39, 0.29) is 27.7 Å². The fraction of sp³-hybridized carbons (Fsp3) is 0.341. The van der Waals surface area contributed by atoms with Crippen molar-refractivity contribution in [1.82, 2.24) is 0 Å². The summed E-state index contributed by atoms with van der Waals surface area (Å²) < 4.78 is 5.98. The lowest BCUT2D eigenvalue weighted by molar-refractivity contribution is 0.0954. The minimum absolute atomic E-state index is 0.0301. The quantitative estimate of drug-likeness (QED) is 0.304. The van der Waals surface area contributed by atoms with Gasteiger partial charge in [-0.2, -0.15) is 15.8 Å². The Balaban J connectivity index is 1.60. The van der Waals surface area contributed by atoms with Gasteiger partial charge in [0, 0.05) is 33.9 Å². The smallest absolute Gasteiger partial charge is 0.172 e. The summed E-state index contributed by atoms with van der Waals surface area (Å²) in [6.45, 7) is 15.8. The molecule has 0 unspecified atom stereocenters. The molecule has 0 radical (unpaired) electrons. The third-order valence-electron chi connectivity index (χ3n) is 9.66. The van der Waals surface area contributed by atoms with Crippen molar-refractivity contribution in [2.75, 3.05) is 4.90 Å². The molecule has 1 aliphatic carbocycles. The number of halogens is 1. The van der Waals surface area contributed by atoms with Crippen LogP contribution in [0.3, 0.4) is 0 Å². The van der Waals surface area contributed by atoms with E-state index >= 15 is 0 Å². The molecule has 0 saturated heterocycles. The molecule has 0 saturated carbocycles. The van der Waals surface area contributed by atoms with Crippen LogP contribution in [0.25, 0.3) is 0 Å². The molecule has 0 spiro atoms. The zero-order valence-corrected chi connectivity index (χ0v) is 29.0. The molecule has 0 fully saturated rings. The van der Waals surface area contributed by atoms with Gasteiger partial charge in [-0.05, 0) is 72.4 Å². The minimum Gasteiger partial charge on any atom is -0.480 e. The second-order valence-electron chi connectivity index (χ2n) is 14.5. The maximum Gasteiger partial charge on any atom is 0.172 e. The van der Waals surface area contributed by atoms with Crippen LogP contribution in [-0.2, 0) is 16.7 Å². The maximum atomic E-state index is 10.0. The summed E-state index contributed by atoms with van der Waals surface area (Å²) in [6, 6.07) is 25.1. The Bertz CT molecular complexity index is 1890. The summed E-state index contributed by atoms with van der Waals surface area (Å²) in [5, 5.41) is 29.7. The van der Waals surface area contributed by atoms with E-state index in [2.05, 4.69) is 106 Å². The van der Waals surface area contributed by atoms with Gasteiger partial charge in [-0.3, -0.25) is 0 Å². The summed E-state index contributed by atoms with van der Waals surface area (Å²) >= 11 is 7.24. The Morgan fingerprint density at radius 3 is 2.23 bits per heavy atom. The van der Waals surface area contributed by atoms with Gasteiger partial charge in [0.2, 0.25) is 0 Å². The second kappa shape index (κ2) is 12.8. The lowest BCUT2D eigenvalue weighted by Crippen LogP contribution is -2.26. The number of rotatable bonds is 5. The van der Waals surface area contributed by atoms with Crippen LogP contribution in [0.4, 0.5) is 5.69 Å². The third kappa shape index (κ3) is 6.45. The highest BCUT2D eigenvalue weighted by Gasteiger charge is 2.41. The first-order valence-corrected chi connectivity index (χ1v) is 16.4. The van der Waals surface area contributed by atoms with Gasteiger partial charge in [-0.1, -0.05) is 113 Å². The fourth-order valence-corrected chi connectivity index (χ4v) is 7.09. The first kappa shape index (κ1) is 33.6. The van der Waals surface area contributed by atoms with Crippen molar-refractivity contribution < 1.29 is 4.74 Å². The van der Waals surface area contributed by atoms with E-state index in [9.17, 15) is 15.8 Å². The van der Waals surface area contributed by atoms with Crippen LogP contribution in [-0.4, -0.2) is 5.60 Å². The Hall–Kier alpha value is -4.76. The van der Waals surface area contributed by atoms with Gasteiger partial charge >= 0.3 is 0 Å². The average molecular weight is 641 g/mol. The highest BCUT2D eigenvalue weighted by molar-refractivity contribution is 6.32. The summed E-state index contributed by atoms with van der Waals surface area (Å²) in [5.74, 6) is 0.367. The molecule has 1 atom stereocenters. The van der Waals surface area contributed by atoms with Crippen LogP contribution in [0.2, 0.25) is 0 Å². The molecule has 238 valence electrons. The van der Waals surface area contributed by atoms with Crippen molar-refractivity contribution in [1.29, 1.82) is 15.8 Å². The van der Waals surface area contributed by atoms with E-state index in [0.29, 0.717) is 16.5 Å². The number of benzene rings is 2. The van der Waals surface area contributed by atoms with Crippen LogP contribution in [0, 0.1) is 45.3 Å². The Morgan fingerprint density at radius 2 is 1.60 bits per heavy atom. The van der Waals surface area contributed by atoms with E-state index in [0.717, 1.165) is 30.5 Å². The molecule has 5 nitrogen and oxygen atoms in total. The van der Waals surface area contributed by atoms with Gasteiger partial charge in [0.1, 0.15) is 29.4 Å². The topological polar surface area (TPSA) is 83.8 Å². The van der Waals surface area contributed by atoms with Crippen LogP contribution in [0.15, 0.2) is 123 Å². The van der Waals surface area contributed by atoms with Crippen molar-refractivity contribution in [2.24, 2.45) is 11.3 Å². The summed E-state index contributed by atoms with van der Waals surface area (Å²) in [5.41, 5.74) is 6.58. The highest BCUT2D eigenvalue weighted by Crippen LogP contribution is 2.49. The number of fused-ring (bicyclic) bond motifs is 1. The molecular weight excluding hydrogens is 600 g/mol. The number of hydrogen-bond acceptors (Lipinski definition) is 5. The molecule has 2 heterocycles. The number of anilines is 1. The molecular formula is C41H41ClN4O. The Kier molecular flexibility index (Phi) is 9.15. The molecule has 2 aromatic carbocycles. The monoisotopic (exact) mass is 640 g/mol. The molecule has 0 N–H and O–H groups in total. The Labute approximate surface area is 284 Å². The van der Waals surface area contributed by atoms with Crippen molar-refractivity contribution in [2.45, 2.75) is 78.9 Å². The molecule has 2 aromatic rings. The first-order chi connectivity index (χ1) is 22.2. The molecule has 0 amide bonds. The molecule has 2 aliphatic heterocycles. The van der Waals surface area contributed by atoms with Crippen molar-refractivity contribution >= 4 is 17.3 Å². The summed E-state index contributed by atoms with van der Waals surface area (Å²) in [6.07, 6.45) is 9.93. The molecule has 3 aliphatic rings. The number of nitriles is 3. The van der Waals surface area contributed by atoms with Gasteiger partial charge in [-0.25, -0.2) is 0 Å². The number of ether oxygens (including phenoxy) is 1. The van der Waals surface area contributed by atoms with Crippen molar-refractivity contribution in [3.8, 4) is 18.2 Å². The zero-order valence-electron chi connectivity index (χ0n) is 28.3. The van der Waals surface area contributed by atoms with Crippen LogP contribution in [0.5, 0.6) is 0 Å². The van der Waals surface area contributed by atoms with Crippen LogP contribution >= 0.6 is 11.6 Å². The minimum atomic E-state index is -0.894. The van der Waals surface area contributed by atoms with E-state index in [1.807, 2.05) is 44.2 Å². The number of nitrogens with zero attached hydrogens (tertiary/aromatic N) is 4. The fourth-order valence-electron chi connectivity index (χ4n) is 6.81. The normalized spacial score (nSPS) is 21.9.